The van der Waals surface area contributed by atoms with Crippen LogP contribution in [0.1, 0.15) is 41.6 Å². The number of rotatable bonds is 5. The molecular formula is C24H26FIN4O. The number of halogens is 2. The highest BCUT2D eigenvalue weighted by molar-refractivity contribution is 14.1. The number of alkyl halides is 1. The second-order valence-electron chi connectivity index (χ2n) is 8.75. The van der Waals surface area contributed by atoms with Crippen LogP contribution in [0.3, 0.4) is 0 Å². The lowest BCUT2D eigenvalue weighted by Gasteiger charge is -2.44. The van der Waals surface area contributed by atoms with Crippen molar-refractivity contribution in [3.8, 4) is 0 Å². The van der Waals surface area contributed by atoms with Crippen LogP contribution in [0.2, 0.25) is 0 Å². The van der Waals surface area contributed by atoms with E-state index in [-0.39, 0.29) is 17.8 Å². The third kappa shape index (κ3) is 3.86. The molecule has 1 aliphatic carbocycles. The van der Waals surface area contributed by atoms with Gasteiger partial charge >= 0.3 is 0 Å². The van der Waals surface area contributed by atoms with E-state index < -0.39 is 0 Å². The monoisotopic (exact) mass is 532 g/mol. The summed E-state index contributed by atoms with van der Waals surface area (Å²) in [5.74, 6) is -0.235. The number of carbonyl (C=O) groups excluding carboxylic acids is 1. The molecule has 2 aromatic carbocycles. The zero-order valence-electron chi connectivity index (χ0n) is 17.6. The first kappa shape index (κ1) is 20.9. The van der Waals surface area contributed by atoms with Crippen molar-refractivity contribution in [3.63, 3.8) is 0 Å². The average molecular weight is 532 g/mol. The largest absolute Gasteiger partial charge is 0.337 e. The fourth-order valence-corrected chi connectivity index (χ4v) is 5.91. The van der Waals surface area contributed by atoms with E-state index in [9.17, 15) is 9.18 Å². The van der Waals surface area contributed by atoms with Gasteiger partial charge in [0.1, 0.15) is 5.52 Å². The Morgan fingerprint density at radius 2 is 2.03 bits per heavy atom. The number of fused-ring (bicyclic) bond motifs is 1. The highest BCUT2D eigenvalue weighted by Crippen LogP contribution is 2.45. The second kappa shape index (κ2) is 8.16. The van der Waals surface area contributed by atoms with Crippen LogP contribution in [0.25, 0.3) is 11.0 Å². The molecule has 1 aromatic heterocycles. The minimum Gasteiger partial charge on any atom is -0.337 e. The first-order chi connectivity index (χ1) is 14.9. The molecule has 1 saturated carbocycles. The molecule has 0 spiro atoms. The van der Waals surface area contributed by atoms with Crippen molar-refractivity contribution in [1.29, 1.82) is 0 Å². The second-order valence-corrected chi connectivity index (χ2v) is 10.8. The zero-order chi connectivity index (χ0) is 21.6. The van der Waals surface area contributed by atoms with Crippen molar-refractivity contribution in [1.82, 2.24) is 19.4 Å². The average Bonchev–Trinajstić information content (AvgIpc) is 3.40. The van der Waals surface area contributed by atoms with Gasteiger partial charge in [-0.05, 0) is 55.5 Å². The van der Waals surface area contributed by atoms with E-state index in [1.54, 1.807) is 12.4 Å². The summed E-state index contributed by atoms with van der Waals surface area (Å²) in [6, 6.07) is 13.0. The van der Waals surface area contributed by atoms with Gasteiger partial charge < -0.3 is 9.47 Å². The highest BCUT2D eigenvalue weighted by atomic mass is 127. The fourth-order valence-electron chi connectivity index (χ4n) is 4.70. The van der Waals surface area contributed by atoms with E-state index in [1.165, 1.54) is 25.3 Å². The Kier molecular flexibility index (Phi) is 5.50. The Morgan fingerprint density at radius 3 is 2.74 bits per heavy atom. The van der Waals surface area contributed by atoms with Crippen LogP contribution >= 0.6 is 22.6 Å². The molecule has 1 amide bonds. The number of benzene rings is 2. The molecule has 0 bridgehead atoms. The molecule has 2 fully saturated rings. The van der Waals surface area contributed by atoms with Crippen molar-refractivity contribution in [2.45, 2.75) is 41.8 Å². The van der Waals surface area contributed by atoms with Crippen LogP contribution in [0.5, 0.6) is 0 Å². The maximum Gasteiger partial charge on any atom is 0.253 e. The van der Waals surface area contributed by atoms with E-state index in [1.807, 2.05) is 46.8 Å². The number of hydrogen-bond acceptors (Lipinski definition) is 3. The predicted molar refractivity (Wildman–Crippen MR) is 128 cm³/mol. The number of aromatic nitrogens is 2. The minimum absolute atomic E-state index is 0.0738. The molecule has 1 saturated heterocycles. The maximum atomic E-state index is 13.9. The quantitative estimate of drug-likeness (QED) is 0.272. The van der Waals surface area contributed by atoms with Gasteiger partial charge in [0.15, 0.2) is 5.82 Å². The number of carbonyl (C=O) groups is 1. The Balaban J connectivity index is 1.25. The van der Waals surface area contributed by atoms with E-state index in [0.717, 1.165) is 30.6 Å². The molecule has 5 rings (SSSR count). The Bertz CT molecular complexity index is 1110. The lowest BCUT2D eigenvalue weighted by Crippen LogP contribution is -2.49. The van der Waals surface area contributed by atoms with E-state index in [2.05, 4.69) is 32.5 Å². The third-order valence-electron chi connectivity index (χ3n) is 6.87. The Labute approximate surface area is 195 Å². The van der Waals surface area contributed by atoms with Crippen LogP contribution in [0, 0.1) is 5.82 Å². The van der Waals surface area contributed by atoms with Gasteiger partial charge in [0.2, 0.25) is 0 Å². The van der Waals surface area contributed by atoms with Gasteiger partial charge in [-0.1, -0.05) is 40.8 Å². The van der Waals surface area contributed by atoms with Gasteiger partial charge in [0.25, 0.3) is 5.91 Å². The number of likely N-dealkylation sites (N-methyl/N-ethyl adjacent to an activating group) is 1. The van der Waals surface area contributed by atoms with E-state index >= 15 is 0 Å². The van der Waals surface area contributed by atoms with Gasteiger partial charge in [0.05, 0.1) is 15.4 Å². The summed E-state index contributed by atoms with van der Waals surface area (Å²) in [7, 11) is 1.93. The van der Waals surface area contributed by atoms with Crippen LogP contribution < -0.4 is 0 Å². The van der Waals surface area contributed by atoms with Crippen molar-refractivity contribution in [2.75, 3.05) is 20.1 Å². The number of nitrogens with zero attached hydrogens (tertiary/aromatic N) is 4. The summed E-state index contributed by atoms with van der Waals surface area (Å²) in [5, 5.41) is 0. The number of imidazole rings is 1. The molecule has 31 heavy (non-hydrogen) atoms. The molecule has 0 N–H and O–H groups in total. The molecule has 162 valence electrons. The van der Waals surface area contributed by atoms with E-state index in [4.69, 9.17) is 0 Å². The molecular weight excluding hydrogens is 506 g/mol. The van der Waals surface area contributed by atoms with Gasteiger partial charge in [-0.15, -0.1) is 0 Å². The van der Waals surface area contributed by atoms with Crippen LogP contribution in [-0.4, -0.2) is 55.0 Å². The molecule has 2 heterocycles. The van der Waals surface area contributed by atoms with Crippen molar-refractivity contribution < 1.29 is 9.18 Å². The number of hydrogen-bond donors (Lipinski definition) is 0. The number of likely N-dealkylation sites (tertiary alicyclic amines) is 1. The summed E-state index contributed by atoms with van der Waals surface area (Å²) in [6.45, 7) is 2.62. The molecule has 7 heteroatoms. The fraction of sp³-hybridized carbons (Fsp3) is 0.417. The van der Waals surface area contributed by atoms with Gasteiger partial charge in [-0.2, -0.15) is 0 Å². The number of para-hydroxylation sites is 1. The van der Waals surface area contributed by atoms with Crippen molar-refractivity contribution in [2.24, 2.45) is 0 Å². The Hall–Kier alpha value is -2.00. The summed E-state index contributed by atoms with van der Waals surface area (Å²) in [4.78, 5) is 21.7. The molecule has 1 unspecified atom stereocenters. The van der Waals surface area contributed by atoms with Crippen LogP contribution in [0.4, 0.5) is 4.39 Å². The molecule has 1 aliphatic heterocycles. The zero-order valence-corrected chi connectivity index (χ0v) is 19.8. The minimum atomic E-state index is -0.309. The van der Waals surface area contributed by atoms with Gasteiger partial charge in [-0.3, -0.25) is 9.69 Å². The summed E-state index contributed by atoms with van der Waals surface area (Å²) < 4.78 is 16.1. The highest BCUT2D eigenvalue weighted by Gasteiger charge is 2.44. The van der Waals surface area contributed by atoms with Gasteiger partial charge in [-0.25, -0.2) is 9.37 Å². The van der Waals surface area contributed by atoms with Crippen molar-refractivity contribution in [3.05, 3.63) is 65.7 Å². The molecule has 3 aromatic rings. The topological polar surface area (TPSA) is 41.4 Å². The smallest absolute Gasteiger partial charge is 0.253 e. The van der Waals surface area contributed by atoms with Crippen LogP contribution in [-0.2, 0) is 6.54 Å². The Morgan fingerprint density at radius 1 is 1.26 bits per heavy atom. The lowest BCUT2D eigenvalue weighted by atomic mass is 9.92. The third-order valence-corrected chi connectivity index (χ3v) is 8.63. The maximum absolute atomic E-state index is 13.9. The summed E-state index contributed by atoms with van der Waals surface area (Å²) >= 11 is 2.60. The molecule has 1 atom stereocenters. The lowest BCUT2D eigenvalue weighted by molar-refractivity contribution is 0.0714. The normalized spacial score (nSPS) is 20.7. The molecule has 0 radical (unpaired) electrons. The van der Waals surface area contributed by atoms with Crippen LogP contribution in [0.15, 0.2) is 48.8 Å². The summed E-state index contributed by atoms with van der Waals surface area (Å²) in [5.41, 5.74) is 2.91. The van der Waals surface area contributed by atoms with E-state index in [0.29, 0.717) is 21.2 Å². The van der Waals surface area contributed by atoms with Crippen molar-refractivity contribution >= 4 is 39.5 Å². The first-order valence-electron chi connectivity index (χ1n) is 10.8. The molecule has 5 nitrogen and oxygen atoms in total. The predicted octanol–water partition coefficient (Wildman–Crippen LogP) is 4.69. The summed E-state index contributed by atoms with van der Waals surface area (Å²) in [6.07, 6.45) is 6.54. The molecule has 2 aliphatic rings. The standard InChI is InChI=1S/C24H26FIN4O/c1-28(19-10-13-30(15-19)24(26)11-3-12-24)23(31)18-8-6-17(7-9-18)14-29-16-27-22-20(25)4-2-5-21(22)29/h2,4-9,16,19H,3,10-15H2,1H3. The first-order valence-corrected chi connectivity index (χ1v) is 11.9. The SMILES string of the molecule is CN(C(=O)c1ccc(Cn2cnc3c(F)cccc32)cc1)C1CCN(C2(I)CCC2)C1. The van der Waals surface area contributed by atoms with Gasteiger partial charge in [0, 0.05) is 38.3 Å². The number of amides is 1.